The van der Waals surface area contributed by atoms with Crippen molar-refractivity contribution in [3.8, 4) is 0 Å². The highest BCUT2D eigenvalue weighted by atomic mass is 79.9. The Balaban J connectivity index is 2.35. The summed E-state index contributed by atoms with van der Waals surface area (Å²) in [6.45, 7) is 1.84. The van der Waals surface area contributed by atoms with Gasteiger partial charge in [-0.15, -0.1) is 0 Å². The van der Waals surface area contributed by atoms with Crippen molar-refractivity contribution >= 4 is 15.9 Å². The molecule has 0 amide bonds. The zero-order valence-corrected chi connectivity index (χ0v) is 9.08. The Morgan fingerprint density at radius 3 is 2.69 bits per heavy atom. The molecule has 0 saturated heterocycles. The third-order valence-corrected chi connectivity index (χ3v) is 3.26. The van der Waals surface area contributed by atoms with E-state index in [1.807, 2.05) is 25.1 Å². The molecule has 1 heterocycles. The molecule has 2 nitrogen and oxygen atoms in total. The lowest BCUT2D eigenvalue weighted by Crippen LogP contribution is -2.23. The van der Waals surface area contributed by atoms with Crippen LogP contribution in [0.1, 0.15) is 25.5 Å². The minimum Gasteiger partial charge on any atom is -0.392 e. The summed E-state index contributed by atoms with van der Waals surface area (Å²) in [6.07, 6.45) is 1.80. The molecule has 1 aromatic heterocycles. The molecule has 1 aliphatic rings. The van der Waals surface area contributed by atoms with Crippen molar-refractivity contribution in [1.82, 2.24) is 4.98 Å². The summed E-state index contributed by atoms with van der Waals surface area (Å²) in [5, 5.41) is 9.63. The maximum Gasteiger partial charge on any atom is 0.106 e. The van der Waals surface area contributed by atoms with Gasteiger partial charge in [0.25, 0.3) is 0 Å². The molecule has 0 aliphatic heterocycles. The van der Waals surface area contributed by atoms with Crippen LogP contribution < -0.4 is 0 Å². The van der Waals surface area contributed by atoms with E-state index in [1.54, 1.807) is 0 Å². The van der Waals surface area contributed by atoms with Gasteiger partial charge in [-0.05, 0) is 47.8 Å². The maximum atomic E-state index is 9.63. The molecule has 0 aromatic carbocycles. The van der Waals surface area contributed by atoms with Crippen LogP contribution >= 0.6 is 15.9 Å². The van der Waals surface area contributed by atoms with Crippen molar-refractivity contribution < 1.29 is 5.11 Å². The lowest BCUT2D eigenvalue weighted by molar-refractivity contribution is 0.148. The topological polar surface area (TPSA) is 33.1 Å². The summed E-state index contributed by atoms with van der Waals surface area (Å²) >= 11 is 3.34. The van der Waals surface area contributed by atoms with Gasteiger partial charge in [-0.3, -0.25) is 0 Å². The van der Waals surface area contributed by atoms with Crippen LogP contribution in [-0.4, -0.2) is 16.2 Å². The second kappa shape index (κ2) is 3.07. The monoisotopic (exact) mass is 241 g/mol. The quantitative estimate of drug-likeness (QED) is 0.807. The largest absolute Gasteiger partial charge is 0.392 e. The highest BCUT2D eigenvalue weighted by Crippen LogP contribution is 2.50. The lowest BCUT2D eigenvalue weighted by atomic mass is 9.96. The van der Waals surface area contributed by atoms with Crippen LogP contribution in [-0.2, 0) is 5.41 Å². The Labute approximate surface area is 86.1 Å². The smallest absolute Gasteiger partial charge is 0.106 e. The fourth-order valence-electron chi connectivity index (χ4n) is 1.71. The number of nitrogens with zero attached hydrogens (tertiary/aromatic N) is 1. The van der Waals surface area contributed by atoms with Gasteiger partial charge in [-0.1, -0.05) is 6.07 Å². The summed E-state index contributed by atoms with van der Waals surface area (Å²) in [5.74, 6) is 0. The first-order valence-corrected chi connectivity index (χ1v) is 5.25. The summed E-state index contributed by atoms with van der Waals surface area (Å²) < 4.78 is 0.844. The van der Waals surface area contributed by atoms with E-state index in [4.69, 9.17) is 0 Å². The zero-order valence-electron chi connectivity index (χ0n) is 7.50. The van der Waals surface area contributed by atoms with E-state index in [1.165, 1.54) is 0 Å². The van der Waals surface area contributed by atoms with Crippen LogP contribution in [0.3, 0.4) is 0 Å². The molecule has 70 valence electrons. The second-order valence-corrected chi connectivity index (χ2v) is 4.49. The molecular weight excluding hydrogens is 230 g/mol. The molecule has 2 rings (SSSR count). The Hall–Kier alpha value is -0.410. The minimum absolute atomic E-state index is 0.0518. The standard InChI is InChI=1S/C10H12BrNO/c1-7(13)10(5-6-10)8-3-2-4-9(11)12-8/h2-4,7,13H,5-6H2,1H3. The van der Waals surface area contributed by atoms with E-state index < -0.39 is 0 Å². The Morgan fingerprint density at radius 1 is 1.54 bits per heavy atom. The second-order valence-electron chi connectivity index (χ2n) is 3.68. The predicted octanol–water partition coefficient (Wildman–Crippen LogP) is 2.26. The van der Waals surface area contributed by atoms with Crippen LogP contribution in [0.5, 0.6) is 0 Å². The van der Waals surface area contributed by atoms with Crippen molar-refractivity contribution in [2.24, 2.45) is 0 Å². The van der Waals surface area contributed by atoms with Gasteiger partial charge >= 0.3 is 0 Å². The first-order valence-electron chi connectivity index (χ1n) is 4.46. The summed E-state index contributed by atoms with van der Waals surface area (Å²) in [4.78, 5) is 4.39. The number of hydrogen-bond donors (Lipinski definition) is 1. The van der Waals surface area contributed by atoms with Crippen molar-refractivity contribution in [2.45, 2.75) is 31.3 Å². The molecule has 1 aliphatic carbocycles. The van der Waals surface area contributed by atoms with Gasteiger partial charge < -0.3 is 5.11 Å². The zero-order chi connectivity index (χ0) is 9.47. The molecule has 1 saturated carbocycles. The van der Waals surface area contributed by atoms with Crippen LogP contribution in [0.4, 0.5) is 0 Å². The fraction of sp³-hybridized carbons (Fsp3) is 0.500. The maximum absolute atomic E-state index is 9.63. The van der Waals surface area contributed by atoms with Gasteiger partial charge in [-0.25, -0.2) is 4.98 Å². The highest BCUT2D eigenvalue weighted by Gasteiger charge is 2.49. The number of halogens is 1. The summed E-state index contributed by atoms with van der Waals surface area (Å²) in [6, 6.07) is 5.86. The number of aromatic nitrogens is 1. The fourth-order valence-corrected chi connectivity index (χ4v) is 2.05. The van der Waals surface area contributed by atoms with Crippen LogP contribution in [0.25, 0.3) is 0 Å². The van der Waals surface area contributed by atoms with Gasteiger partial charge in [0.05, 0.1) is 11.8 Å². The van der Waals surface area contributed by atoms with Gasteiger partial charge in [0, 0.05) is 5.41 Å². The summed E-state index contributed by atoms with van der Waals surface area (Å²) in [5.41, 5.74) is 0.959. The first kappa shape index (κ1) is 9.16. The SMILES string of the molecule is CC(O)C1(c2cccc(Br)n2)CC1. The Bertz CT molecular complexity index is 320. The van der Waals surface area contributed by atoms with Crippen molar-refractivity contribution in [3.63, 3.8) is 0 Å². The van der Waals surface area contributed by atoms with E-state index in [0.717, 1.165) is 23.1 Å². The molecule has 13 heavy (non-hydrogen) atoms. The average molecular weight is 242 g/mol. The Kier molecular flexibility index (Phi) is 2.16. The van der Waals surface area contributed by atoms with Crippen LogP contribution in [0, 0.1) is 0 Å². The van der Waals surface area contributed by atoms with E-state index in [-0.39, 0.29) is 11.5 Å². The van der Waals surface area contributed by atoms with E-state index in [9.17, 15) is 5.11 Å². The van der Waals surface area contributed by atoms with Gasteiger partial charge in [0.2, 0.25) is 0 Å². The molecule has 1 unspecified atom stereocenters. The lowest BCUT2D eigenvalue weighted by Gasteiger charge is -2.17. The molecular formula is C10H12BrNO. The minimum atomic E-state index is -0.297. The average Bonchev–Trinajstić information content (AvgIpc) is 2.83. The molecule has 0 bridgehead atoms. The van der Waals surface area contributed by atoms with E-state index in [2.05, 4.69) is 20.9 Å². The number of rotatable bonds is 2. The number of aliphatic hydroxyl groups excluding tert-OH is 1. The van der Waals surface area contributed by atoms with E-state index >= 15 is 0 Å². The highest BCUT2D eigenvalue weighted by molar-refractivity contribution is 9.10. The first-order chi connectivity index (χ1) is 6.15. The molecule has 1 aromatic rings. The molecule has 0 spiro atoms. The normalized spacial score (nSPS) is 21.2. The van der Waals surface area contributed by atoms with Crippen LogP contribution in [0.15, 0.2) is 22.8 Å². The van der Waals surface area contributed by atoms with Crippen molar-refractivity contribution in [1.29, 1.82) is 0 Å². The third-order valence-electron chi connectivity index (χ3n) is 2.81. The number of pyridine rings is 1. The predicted molar refractivity (Wildman–Crippen MR) is 54.5 cm³/mol. The van der Waals surface area contributed by atoms with Gasteiger partial charge in [0.15, 0.2) is 0 Å². The van der Waals surface area contributed by atoms with Crippen molar-refractivity contribution in [2.75, 3.05) is 0 Å². The number of aliphatic hydroxyl groups is 1. The van der Waals surface area contributed by atoms with E-state index in [0.29, 0.717) is 0 Å². The van der Waals surface area contributed by atoms with Crippen LogP contribution in [0.2, 0.25) is 0 Å². The third kappa shape index (κ3) is 1.51. The molecule has 1 fully saturated rings. The Morgan fingerprint density at radius 2 is 2.23 bits per heavy atom. The van der Waals surface area contributed by atoms with Gasteiger partial charge in [0.1, 0.15) is 4.60 Å². The molecule has 0 radical (unpaired) electrons. The summed E-state index contributed by atoms with van der Waals surface area (Å²) in [7, 11) is 0. The number of hydrogen-bond acceptors (Lipinski definition) is 2. The van der Waals surface area contributed by atoms with Crippen molar-refractivity contribution in [3.05, 3.63) is 28.5 Å². The van der Waals surface area contributed by atoms with Gasteiger partial charge in [-0.2, -0.15) is 0 Å². The molecule has 1 N–H and O–H groups in total. The molecule has 1 atom stereocenters. The molecule has 3 heteroatoms.